The molecule has 0 N–H and O–H groups in total. The Morgan fingerprint density at radius 2 is 1.79 bits per heavy atom. The van der Waals surface area contributed by atoms with Crippen LogP contribution in [0.1, 0.15) is 55.8 Å². The van der Waals surface area contributed by atoms with Gasteiger partial charge < -0.3 is 19.3 Å². The Balaban J connectivity index is 1.17. The van der Waals surface area contributed by atoms with Gasteiger partial charge in [-0.05, 0) is 92.8 Å². The van der Waals surface area contributed by atoms with Gasteiger partial charge in [-0.2, -0.15) is 0 Å². The lowest BCUT2D eigenvalue weighted by Crippen LogP contribution is -2.44. The number of ether oxygens (including phenoxy) is 2. The number of aryl methyl sites for hydroxylation is 1. The summed E-state index contributed by atoms with van der Waals surface area (Å²) >= 11 is 0. The third-order valence-corrected chi connectivity index (χ3v) is 8.97. The molecule has 6 nitrogen and oxygen atoms in total. The van der Waals surface area contributed by atoms with Gasteiger partial charge in [-0.1, -0.05) is 42.5 Å². The fourth-order valence-electron chi connectivity index (χ4n) is 6.67. The number of benzene rings is 2. The topological polar surface area (TPSA) is 54.9 Å². The number of aromatic nitrogens is 1. The number of likely N-dealkylation sites (tertiary alicyclic amines) is 2. The highest BCUT2D eigenvalue weighted by molar-refractivity contribution is 5.88. The summed E-state index contributed by atoms with van der Waals surface area (Å²) < 4.78 is 12.3. The smallest absolute Gasteiger partial charge is 0.251 e. The van der Waals surface area contributed by atoms with Gasteiger partial charge in [0.1, 0.15) is 6.10 Å². The van der Waals surface area contributed by atoms with Gasteiger partial charge in [-0.15, -0.1) is 0 Å². The number of nitrogens with zero attached hydrogens (tertiary/aromatic N) is 3. The van der Waals surface area contributed by atoms with E-state index in [-0.39, 0.29) is 18.1 Å². The summed E-state index contributed by atoms with van der Waals surface area (Å²) in [5.74, 6) is 0.580. The predicted molar refractivity (Wildman–Crippen MR) is 155 cm³/mol. The minimum atomic E-state index is -0.227. The molecule has 6 rings (SSSR count). The number of piperidine rings is 1. The lowest BCUT2D eigenvalue weighted by molar-refractivity contribution is -0.143. The van der Waals surface area contributed by atoms with Crippen LogP contribution in [-0.2, 0) is 14.3 Å². The van der Waals surface area contributed by atoms with Crippen LogP contribution in [0.25, 0.3) is 22.0 Å². The van der Waals surface area contributed by atoms with Crippen LogP contribution in [0.5, 0.6) is 0 Å². The van der Waals surface area contributed by atoms with Crippen LogP contribution < -0.4 is 0 Å². The number of carbonyl (C=O) groups is 1. The molecule has 39 heavy (non-hydrogen) atoms. The number of carbonyl (C=O) groups excluding carboxylic acids is 1. The molecule has 0 saturated carbocycles. The first-order valence-corrected chi connectivity index (χ1v) is 14.9. The van der Waals surface area contributed by atoms with Crippen molar-refractivity contribution >= 4 is 16.8 Å². The van der Waals surface area contributed by atoms with E-state index in [9.17, 15) is 4.79 Å². The van der Waals surface area contributed by atoms with E-state index in [1.165, 1.54) is 53.6 Å². The number of hydrogen-bond acceptors (Lipinski definition) is 5. The van der Waals surface area contributed by atoms with E-state index in [1.54, 1.807) is 0 Å². The molecular formula is C33H41N3O3. The van der Waals surface area contributed by atoms with E-state index in [0.717, 1.165) is 57.4 Å². The van der Waals surface area contributed by atoms with Crippen LogP contribution in [0, 0.1) is 12.8 Å². The molecule has 0 bridgehead atoms. The van der Waals surface area contributed by atoms with Gasteiger partial charge >= 0.3 is 0 Å². The normalized spacial score (nSPS) is 21.6. The molecule has 3 aromatic rings. The molecule has 3 aliphatic heterocycles. The molecule has 6 heteroatoms. The first kappa shape index (κ1) is 26.4. The number of amides is 1. The van der Waals surface area contributed by atoms with Crippen molar-refractivity contribution in [2.45, 2.75) is 57.7 Å². The number of fused-ring (bicyclic) bond motifs is 1. The Morgan fingerprint density at radius 3 is 2.54 bits per heavy atom. The summed E-state index contributed by atoms with van der Waals surface area (Å²) in [4.78, 5) is 22.1. The first-order chi connectivity index (χ1) is 19.2. The van der Waals surface area contributed by atoms with E-state index in [4.69, 9.17) is 9.47 Å². The van der Waals surface area contributed by atoms with Crippen LogP contribution >= 0.6 is 0 Å². The average molecular weight is 528 g/mol. The number of hydrogen-bond donors (Lipinski definition) is 0. The van der Waals surface area contributed by atoms with Crippen molar-refractivity contribution in [2.75, 3.05) is 45.9 Å². The summed E-state index contributed by atoms with van der Waals surface area (Å²) in [5, 5.41) is 1.17. The fraction of sp³-hybridized carbons (Fsp3) is 0.515. The number of pyridine rings is 1. The maximum absolute atomic E-state index is 12.9. The summed E-state index contributed by atoms with van der Waals surface area (Å²) in [6.07, 6.45) is 8.05. The molecule has 1 amide bonds. The third kappa shape index (κ3) is 5.88. The van der Waals surface area contributed by atoms with E-state index < -0.39 is 0 Å². The van der Waals surface area contributed by atoms with Crippen LogP contribution in [0.2, 0.25) is 0 Å². The van der Waals surface area contributed by atoms with Crippen molar-refractivity contribution in [1.29, 1.82) is 0 Å². The molecule has 206 valence electrons. The Hall–Kier alpha value is -2.80. The minimum Gasteiger partial charge on any atom is -0.372 e. The van der Waals surface area contributed by atoms with Crippen LogP contribution in [0.3, 0.4) is 0 Å². The summed E-state index contributed by atoms with van der Waals surface area (Å²) in [6.45, 7) is 8.57. The highest BCUT2D eigenvalue weighted by Crippen LogP contribution is 2.36. The Bertz CT molecular complexity index is 1260. The largest absolute Gasteiger partial charge is 0.372 e. The van der Waals surface area contributed by atoms with Crippen molar-refractivity contribution in [3.63, 3.8) is 0 Å². The van der Waals surface area contributed by atoms with Gasteiger partial charge in [0.15, 0.2) is 0 Å². The van der Waals surface area contributed by atoms with E-state index in [0.29, 0.717) is 12.5 Å². The van der Waals surface area contributed by atoms with E-state index in [1.807, 2.05) is 17.2 Å². The zero-order chi connectivity index (χ0) is 26.6. The lowest BCUT2D eigenvalue weighted by atomic mass is 9.86. The van der Waals surface area contributed by atoms with Crippen molar-refractivity contribution in [2.24, 2.45) is 5.92 Å². The monoisotopic (exact) mass is 527 g/mol. The standard InChI is InChI=1S/C33H41N3O3/c1-24-29(13-12-26-6-4-16-34-31(24)26)25-8-10-27(11-9-25)32(39-23-21-35-17-2-3-18-35)28-14-19-36(20-15-28)33(37)30-7-5-22-38-30/h4,6,8-13,16,28,30,32H,2-3,5,7,14-15,17-23H2,1H3/t30-,32?/m1/s1. The van der Waals surface area contributed by atoms with Crippen molar-refractivity contribution in [3.8, 4) is 11.1 Å². The van der Waals surface area contributed by atoms with Crippen molar-refractivity contribution in [3.05, 3.63) is 65.9 Å². The van der Waals surface area contributed by atoms with Gasteiger partial charge in [0.2, 0.25) is 0 Å². The average Bonchev–Trinajstić information content (AvgIpc) is 3.71. The predicted octanol–water partition coefficient (Wildman–Crippen LogP) is 5.78. The maximum Gasteiger partial charge on any atom is 0.251 e. The summed E-state index contributed by atoms with van der Waals surface area (Å²) in [6, 6.07) is 17.4. The molecule has 3 saturated heterocycles. The second-order valence-corrected chi connectivity index (χ2v) is 11.4. The highest BCUT2D eigenvalue weighted by atomic mass is 16.5. The molecule has 3 aliphatic rings. The van der Waals surface area contributed by atoms with E-state index in [2.05, 4.69) is 59.3 Å². The van der Waals surface area contributed by atoms with Gasteiger partial charge in [-0.25, -0.2) is 0 Å². The van der Waals surface area contributed by atoms with Crippen LogP contribution in [-0.4, -0.2) is 72.7 Å². The molecule has 3 fully saturated rings. The zero-order valence-electron chi connectivity index (χ0n) is 23.2. The first-order valence-electron chi connectivity index (χ1n) is 14.9. The van der Waals surface area contributed by atoms with Gasteiger partial charge in [-0.3, -0.25) is 9.78 Å². The van der Waals surface area contributed by atoms with Crippen LogP contribution in [0.15, 0.2) is 54.7 Å². The summed E-state index contributed by atoms with van der Waals surface area (Å²) in [5.41, 5.74) is 5.94. The van der Waals surface area contributed by atoms with Gasteiger partial charge in [0.25, 0.3) is 5.91 Å². The quantitative estimate of drug-likeness (QED) is 0.372. The Labute approximate surface area is 232 Å². The minimum absolute atomic E-state index is 0.0426. The zero-order valence-corrected chi connectivity index (χ0v) is 23.2. The molecule has 0 aliphatic carbocycles. The second kappa shape index (κ2) is 12.2. The van der Waals surface area contributed by atoms with Gasteiger partial charge in [0, 0.05) is 37.8 Å². The lowest BCUT2D eigenvalue weighted by Gasteiger charge is -2.37. The Kier molecular flexibility index (Phi) is 8.24. The number of rotatable bonds is 8. The molecule has 0 spiro atoms. The molecule has 0 radical (unpaired) electrons. The van der Waals surface area contributed by atoms with Crippen LogP contribution in [0.4, 0.5) is 0 Å². The highest BCUT2D eigenvalue weighted by Gasteiger charge is 2.34. The fourth-order valence-corrected chi connectivity index (χ4v) is 6.67. The summed E-state index contributed by atoms with van der Waals surface area (Å²) in [7, 11) is 0. The Morgan fingerprint density at radius 1 is 1.00 bits per heavy atom. The molecule has 2 aromatic carbocycles. The van der Waals surface area contributed by atoms with Crippen molar-refractivity contribution in [1.82, 2.24) is 14.8 Å². The molecule has 2 atom stereocenters. The molecular weight excluding hydrogens is 486 g/mol. The molecule has 1 aromatic heterocycles. The van der Waals surface area contributed by atoms with Crippen molar-refractivity contribution < 1.29 is 14.3 Å². The maximum atomic E-state index is 12.9. The van der Waals surface area contributed by atoms with E-state index >= 15 is 0 Å². The third-order valence-electron chi connectivity index (χ3n) is 8.97. The molecule has 4 heterocycles. The second-order valence-electron chi connectivity index (χ2n) is 11.4. The SMILES string of the molecule is Cc1c(-c2ccc(C(OCCN3CCCC3)C3CCN(C(=O)[C@H]4CCCO4)CC3)cc2)ccc2cccnc12. The van der Waals surface area contributed by atoms with Gasteiger partial charge in [0.05, 0.1) is 18.2 Å². The molecule has 1 unspecified atom stereocenters.